The minimum absolute atomic E-state index is 0.00193. The first-order chi connectivity index (χ1) is 12.8. The number of hydrogen-bond acceptors (Lipinski definition) is 4. The van der Waals surface area contributed by atoms with Gasteiger partial charge in [0.15, 0.2) is 0 Å². The lowest BCUT2D eigenvalue weighted by molar-refractivity contribution is -0.134. The van der Waals surface area contributed by atoms with Gasteiger partial charge in [-0.2, -0.15) is 0 Å². The van der Waals surface area contributed by atoms with E-state index in [9.17, 15) is 4.79 Å². The van der Waals surface area contributed by atoms with Crippen LogP contribution in [0.3, 0.4) is 0 Å². The number of amides is 1. The number of aryl methyl sites for hydroxylation is 1. The van der Waals surface area contributed by atoms with Crippen molar-refractivity contribution in [3.63, 3.8) is 0 Å². The van der Waals surface area contributed by atoms with Crippen LogP contribution in [0.4, 0.5) is 0 Å². The number of benzene rings is 2. The van der Waals surface area contributed by atoms with Gasteiger partial charge in [-0.3, -0.25) is 4.79 Å². The van der Waals surface area contributed by atoms with E-state index >= 15 is 0 Å². The molecular weight excluding hydrogens is 344 g/mol. The summed E-state index contributed by atoms with van der Waals surface area (Å²) in [4.78, 5) is 15.6. The lowest BCUT2D eigenvalue weighted by Crippen LogP contribution is -2.50. The number of carbonyl (C=O) groups excluding carboxylic acids is 1. The second-order valence-electron chi connectivity index (χ2n) is 6.69. The number of rotatable bonds is 3. The van der Waals surface area contributed by atoms with E-state index in [1.165, 1.54) is 11.1 Å². The van der Waals surface area contributed by atoms with Gasteiger partial charge in [-0.1, -0.05) is 42.5 Å². The van der Waals surface area contributed by atoms with E-state index in [-0.39, 0.29) is 17.2 Å². The first-order valence-corrected chi connectivity index (χ1v) is 10.2. The molecule has 0 spiro atoms. The van der Waals surface area contributed by atoms with Crippen LogP contribution < -0.4 is 10.1 Å². The molecular formula is C21H24N2O2S. The van der Waals surface area contributed by atoms with Crippen molar-refractivity contribution < 1.29 is 9.53 Å². The van der Waals surface area contributed by atoms with Gasteiger partial charge in [0.25, 0.3) is 0 Å². The smallest absolute Gasteiger partial charge is 0.240 e. The summed E-state index contributed by atoms with van der Waals surface area (Å²) in [6.07, 6.45) is 1.04. The standard InChI is InChI=1S/C21H24N2O2S/c1-25-19-9-5-4-8-17(19)18-14-22-11-12-23(18)21(24)20-16-7-3-2-6-15(16)10-13-26-20/h2-9,18,20,22H,10-14H2,1H3. The zero-order valence-corrected chi connectivity index (χ0v) is 15.8. The van der Waals surface area contributed by atoms with Crippen molar-refractivity contribution in [3.8, 4) is 5.75 Å². The molecule has 1 fully saturated rings. The van der Waals surface area contributed by atoms with Gasteiger partial charge >= 0.3 is 0 Å². The van der Waals surface area contributed by atoms with E-state index < -0.39 is 0 Å². The average Bonchev–Trinajstić information content (AvgIpc) is 2.73. The summed E-state index contributed by atoms with van der Waals surface area (Å²) in [6, 6.07) is 16.4. The molecule has 0 saturated carbocycles. The summed E-state index contributed by atoms with van der Waals surface area (Å²) in [7, 11) is 1.69. The maximum atomic E-state index is 13.5. The Morgan fingerprint density at radius 3 is 2.77 bits per heavy atom. The number of para-hydroxylation sites is 1. The Kier molecular flexibility index (Phi) is 5.18. The van der Waals surface area contributed by atoms with Crippen LogP contribution in [-0.2, 0) is 11.2 Å². The Balaban J connectivity index is 1.66. The summed E-state index contributed by atoms with van der Waals surface area (Å²) in [5.74, 6) is 2.06. The van der Waals surface area contributed by atoms with Gasteiger partial charge in [0.05, 0.1) is 13.2 Å². The van der Waals surface area contributed by atoms with Gasteiger partial charge in [0, 0.05) is 25.2 Å². The first-order valence-electron chi connectivity index (χ1n) is 9.13. The highest BCUT2D eigenvalue weighted by Crippen LogP contribution is 2.40. The first kappa shape index (κ1) is 17.4. The van der Waals surface area contributed by atoms with E-state index in [0.29, 0.717) is 0 Å². The molecule has 2 heterocycles. The molecule has 0 bridgehead atoms. The molecule has 2 aliphatic rings. The fourth-order valence-corrected chi connectivity index (χ4v) is 5.20. The molecule has 0 aromatic heterocycles. The molecule has 2 aromatic rings. The van der Waals surface area contributed by atoms with Crippen molar-refractivity contribution in [2.45, 2.75) is 17.7 Å². The number of hydrogen-bond donors (Lipinski definition) is 1. The van der Waals surface area contributed by atoms with E-state index in [1.54, 1.807) is 18.9 Å². The summed E-state index contributed by atoms with van der Waals surface area (Å²) in [5, 5.41) is 3.33. The van der Waals surface area contributed by atoms with Crippen LogP contribution in [0.15, 0.2) is 48.5 Å². The number of ether oxygens (including phenoxy) is 1. The minimum atomic E-state index is -0.102. The van der Waals surface area contributed by atoms with Crippen LogP contribution in [0, 0.1) is 0 Å². The van der Waals surface area contributed by atoms with E-state index in [0.717, 1.165) is 43.1 Å². The molecule has 4 nitrogen and oxygen atoms in total. The molecule has 2 aromatic carbocycles. The number of nitrogens with zero attached hydrogens (tertiary/aromatic N) is 1. The highest BCUT2D eigenvalue weighted by molar-refractivity contribution is 8.00. The highest BCUT2D eigenvalue weighted by atomic mass is 32.2. The largest absolute Gasteiger partial charge is 0.496 e. The quantitative estimate of drug-likeness (QED) is 0.903. The number of methoxy groups -OCH3 is 1. The van der Waals surface area contributed by atoms with Crippen LogP contribution >= 0.6 is 11.8 Å². The van der Waals surface area contributed by atoms with Gasteiger partial charge in [-0.05, 0) is 29.4 Å². The van der Waals surface area contributed by atoms with Crippen molar-refractivity contribution in [3.05, 3.63) is 65.2 Å². The Hall–Kier alpha value is -1.98. The Bertz CT molecular complexity index is 795. The van der Waals surface area contributed by atoms with Gasteiger partial charge in [-0.25, -0.2) is 0 Å². The van der Waals surface area contributed by atoms with Crippen LogP contribution in [0.5, 0.6) is 5.75 Å². The SMILES string of the molecule is COc1ccccc1C1CNCCN1C(=O)C1SCCc2ccccc21. The van der Waals surface area contributed by atoms with E-state index in [1.807, 2.05) is 29.2 Å². The molecule has 26 heavy (non-hydrogen) atoms. The van der Waals surface area contributed by atoms with Crippen LogP contribution in [0.2, 0.25) is 0 Å². The molecule has 1 saturated heterocycles. The van der Waals surface area contributed by atoms with Gasteiger partial charge in [0.1, 0.15) is 11.0 Å². The fraction of sp³-hybridized carbons (Fsp3) is 0.381. The molecule has 0 radical (unpaired) electrons. The van der Waals surface area contributed by atoms with Crippen molar-refractivity contribution in [2.24, 2.45) is 0 Å². The Morgan fingerprint density at radius 1 is 1.15 bits per heavy atom. The zero-order chi connectivity index (χ0) is 17.9. The second kappa shape index (κ2) is 7.72. The monoisotopic (exact) mass is 368 g/mol. The summed E-state index contributed by atoms with van der Waals surface area (Å²) < 4.78 is 5.56. The van der Waals surface area contributed by atoms with Crippen LogP contribution in [0.25, 0.3) is 0 Å². The van der Waals surface area contributed by atoms with Crippen LogP contribution in [0.1, 0.15) is 28.0 Å². The summed E-state index contributed by atoms with van der Waals surface area (Å²) in [5.41, 5.74) is 3.57. The minimum Gasteiger partial charge on any atom is -0.496 e. The Morgan fingerprint density at radius 2 is 1.92 bits per heavy atom. The Labute approximate surface area is 158 Å². The number of nitrogens with one attached hydrogen (secondary N) is 1. The lowest BCUT2D eigenvalue weighted by atomic mass is 9.98. The molecule has 5 heteroatoms. The third kappa shape index (κ3) is 3.21. The third-order valence-electron chi connectivity index (χ3n) is 5.24. The normalized spacial score (nSPS) is 22.6. The maximum absolute atomic E-state index is 13.5. The maximum Gasteiger partial charge on any atom is 0.240 e. The average molecular weight is 369 g/mol. The zero-order valence-electron chi connectivity index (χ0n) is 15.0. The summed E-state index contributed by atoms with van der Waals surface area (Å²) >= 11 is 1.77. The highest BCUT2D eigenvalue weighted by Gasteiger charge is 2.36. The van der Waals surface area contributed by atoms with Crippen molar-refractivity contribution in [1.82, 2.24) is 10.2 Å². The van der Waals surface area contributed by atoms with Gasteiger partial charge in [0.2, 0.25) is 5.91 Å². The third-order valence-corrected chi connectivity index (χ3v) is 6.47. The molecule has 1 N–H and O–H groups in total. The van der Waals surface area contributed by atoms with Crippen molar-refractivity contribution >= 4 is 17.7 Å². The van der Waals surface area contributed by atoms with Crippen molar-refractivity contribution in [2.75, 3.05) is 32.5 Å². The van der Waals surface area contributed by atoms with E-state index in [2.05, 4.69) is 29.6 Å². The lowest BCUT2D eigenvalue weighted by Gasteiger charge is -2.39. The molecule has 136 valence electrons. The molecule has 1 amide bonds. The topological polar surface area (TPSA) is 41.6 Å². The summed E-state index contributed by atoms with van der Waals surface area (Å²) in [6.45, 7) is 2.31. The predicted octanol–water partition coefficient (Wildman–Crippen LogP) is 3.20. The molecule has 2 unspecified atom stereocenters. The number of fused-ring (bicyclic) bond motifs is 1. The molecule has 2 aliphatic heterocycles. The molecule has 0 aliphatic carbocycles. The van der Waals surface area contributed by atoms with Gasteiger partial charge in [-0.15, -0.1) is 11.8 Å². The van der Waals surface area contributed by atoms with Crippen molar-refractivity contribution in [1.29, 1.82) is 0 Å². The van der Waals surface area contributed by atoms with Gasteiger partial charge < -0.3 is 15.0 Å². The fourth-order valence-electron chi connectivity index (χ4n) is 3.94. The predicted molar refractivity (Wildman–Crippen MR) is 106 cm³/mol. The number of thioether (sulfide) groups is 1. The second-order valence-corrected chi connectivity index (χ2v) is 7.91. The molecule has 2 atom stereocenters. The number of carbonyl (C=O) groups is 1. The number of piperazine rings is 1. The van der Waals surface area contributed by atoms with Crippen LogP contribution in [-0.4, -0.2) is 43.3 Å². The molecule has 4 rings (SSSR count). The van der Waals surface area contributed by atoms with E-state index in [4.69, 9.17) is 4.74 Å².